The van der Waals surface area contributed by atoms with Gasteiger partial charge >= 0.3 is 0 Å². The van der Waals surface area contributed by atoms with E-state index in [0.717, 1.165) is 38.8 Å². The largest absolute Gasteiger partial charge is 0.376 e. The van der Waals surface area contributed by atoms with Gasteiger partial charge in [-0.15, -0.1) is 0 Å². The Morgan fingerprint density at radius 2 is 2.19 bits per heavy atom. The molecule has 0 aromatic carbocycles. The summed E-state index contributed by atoms with van der Waals surface area (Å²) in [5, 5.41) is 0. The summed E-state index contributed by atoms with van der Waals surface area (Å²) in [6.07, 6.45) is 3.44. The molecule has 1 heterocycles. The van der Waals surface area contributed by atoms with Gasteiger partial charge in [-0.3, -0.25) is 4.90 Å². The van der Waals surface area contributed by atoms with E-state index in [1.807, 2.05) is 0 Å². The Kier molecular flexibility index (Phi) is 4.93. The van der Waals surface area contributed by atoms with Crippen molar-refractivity contribution in [2.75, 3.05) is 19.7 Å². The number of morpholine rings is 1. The maximum absolute atomic E-state index is 11.2. The van der Waals surface area contributed by atoms with Gasteiger partial charge in [0, 0.05) is 24.5 Å². The van der Waals surface area contributed by atoms with Crippen molar-refractivity contribution in [3.63, 3.8) is 0 Å². The fraction of sp³-hybridized carbons (Fsp3) is 0.923. The van der Waals surface area contributed by atoms with Crippen molar-refractivity contribution < 1.29 is 9.53 Å². The predicted molar refractivity (Wildman–Crippen MR) is 65.5 cm³/mol. The number of aldehydes is 1. The van der Waals surface area contributed by atoms with Gasteiger partial charge in [0.05, 0.1) is 12.7 Å². The van der Waals surface area contributed by atoms with Crippen molar-refractivity contribution in [1.29, 1.82) is 0 Å². The first kappa shape index (κ1) is 13.7. The van der Waals surface area contributed by atoms with Crippen molar-refractivity contribution in [2.45, 2.75) is 52.7 Å². The molecule has 3 atom stereocenters. The molecule has 1 saturated heterocycles. The maximum Gasteiger partial charge on any atom is 0.127 e. The standard InChI is InChI=1S/C13H25NO2/c1-5-6-13(4,10-15)9-14-7-12(3)16-8-11(14)2/h10-12H,5-9H2,1-4H3. The molecule has 0 saturated carbocycles. The van der Waals surface area contributed by atoms with Gasteiger partial charge in [-0.2, -0.15) is 0 Å². The molecule has 3 unspecified atom stereocenters. The summed E-state index contributed by atoms with van der Waals surface area (Å²) in [6, 6.07) is 0.423. The fourth-order valence-electron chi connectivity index (χ4n) is 2.40. The number of hydrogen-bond acceptors (Lipinski definition) is 3. The normalized spacial score (nSPS) is 31.0. The SMILES string of the molecule is CCCC(C)(C=O)CN1CC(C)OCC1C. The van der Waals surface area contributed by atoms with Gasteiger partial charge < -0.3 is 9.53 Å². The van der Waals surface area contributed by atoms with Crippen LogP contribution in [0.15, 0.2) is 0 Å². The summed E-state index contributed by atoms with van der Waals surface area (Å²) in [6.45, 7) is 11.0. The van der Waals surface area contributed by atoms with Crippen LogP contribution in [-0.2, 0) is 9.53 Å². The van der Waals surface area contributed by atoms with E-state index in [-0.39, 0.29) is 11.5 Å². The molecule has 0 bridgehead atoms. The summed E-state index contributed by atoms with van der Waals surface area (Å²) >= 11 is 0. The van der Waals surface area contributed by atoms with Crippen molar-refractivity contribution >= 4 is 6.29 Å². The minimum atomic E-state index is -0.194. The second-order valence-corrected chi connectivity index (χ2v) is 5.44. The van der Waals surface area contributed by atoms with Gasteiger partial charge in [0.1, 0.15) is 6.29 Å². The highest BCUT2D eigenvalue weighted by atomic mass is 16.5. The molecule has 1 fully saturated rings. The summed E-state index contributed by atoms with van der Waals surface area (Å²) < 4.78 is 5.60. The quantitative estimate of drug-likeness (QED) is 0.674. The lowest BCUT2D eigenvalue weighted by Crippen LogP contribution is -2.51. The molecule has 3 nitrogen and oxygen atoms in total. The van der Waals surface area contributed by atoms with Crippen LogP contribution in [0, 0.1) is 5.41 Å². The van der Waals surface area contributed by atoms with Crippen LogP contribution in [0.5, 0.6) is 0 Å². The maximum atomic E-state index is 11.2. The topological polar surface area (TPSA) is 29.5 Å². The molecule has 1 aliphatic heterocycles. The van der Waals surface area contributed by atoms with Gasteiger partial charge in [-0.05, 0) is 20.3 Å². The number of ether oxygens (including phenoxy) is 1. The number of hydrogen-bond donors (Lipinski definition) is 0. The lowest BCUT2D eigenvalue weighted by Gasteiger charge is -2.40. The van der Waals surface area contributed by atoms with Gasteiger partial charge in [0.15, 0.2) is 0 Å². The summed E-state index contributed by atoms with van der Waals surface area (Å²) in [7, 11) is 0. The van der Waals surface area contributed by atoms with Gasteiger partial charge in [-0.25, -0.2) is 0 Å². The number of carbonyl (C=O) groups excluding carboxylic acids is 1. The zero-order valence-electron chi connectivity index (χ0n) is 11.0. The Morgan fingerprint density at radius 3 is 2.75 bits per heavy atom. The third kappa shape index (κ3) is 3.56. The Bertz CT molecular complexity index is 232. The van der Waals surface area contributed by atoms with Crippen molar-refractivity contribution in [3.05, 3.63) is 0 Å². The molecule has 0 N–H and O–H groups in total. The van der Waals surface area contributed by atoms with E-state index < -0.39 is 0 Å². The van der Waals surface area contributed by atoms with E-state index in [9.17, 15) is 4.79 Å². The van der Waals surface area contributed by atoms with E-state index in [1.165, 1.54) is 0 Å². The Morgan fingerprint density at radius 1 is 1.50 bits per heavy atom. The highest BCUT2D eigenvalue weighted by Gasteiger charge is 2.31. The third-order valence-corrected chi connectivity index (χ3v) is 3.41. The molecule has 0 radical (unpaired) electrons. The molecule has 0 aromatic heterocycles. The fourth-order valence-corrected chi connectivity index (χ4v) is 2.40. The Labute approximate surface area is 99.1 Å². The number of rotatable bonds is 5. The molecule has 94 valence electrons. The zero-order valence-corrected chi connectivity index (χ0v) is 11.0. The van der Waals surface area contributed by atoms with Crippen LogP contribution in [0.3, 0.4) is 0 Å². The predicted octanol–water partition coefficient (Wildman–Crippen LogP) is 2.10. The van der Waals surface area contributed by atoms with Crippen LogP contribution in [-0.4, -0.2) is 43.0 Å². The van der Waals surface area contributed by atoms with E-state index >= 15 is 0 Å². The van der Waals surface area contributed by atoms with E-state index in [2.05, 4.69) is 32.6 Å². The van der Waals surface area contributed by atoms with Crippen molar-refractivity contribution in [3.8, 4) is 0 Å². The first-order chi connectivity index (χ1) is 7.50. The first-order valence-electron chi connectivity index (χ1n) is 6.32. The average Bonchev–Trinajstić information content (AvgIpc) is 2.24. The summed E-state index contributed by atoms with van der Waals surface area (Å²) in [4.78, 5) is 13.6. The molecule has 1 aliphatic rings. The molecular weight excluding hydrogens is 202 g/mol. The number of carbonyl (C=O) groups is 1. The van der Waals surface area contributed by atoms with Crippen LogP contribution in [0.4, 0.5) is 0 Å². The van der Waals surface area contributed by atoms with Crippen LogP contribution in [0.25, 0.3) is 0 Å². The van der Waals surface area contributed by atoms with Crippen LogP contribution in [0.1, 0.15) is 40.5 Å². The molecule has 0 spiro atoms. The molecule has 0 amide bonds. The van der Waals surface area contributed by atoms with Crippen LogP contribution >= 0.6 is 0 Å². The highest BCUT2D eigenvalue weighted by Crippen LogP contribution is 2.24. The Balaban J connectivity index is 2.58. The molecule has 0 aliphatic carbocycles. The second kappa shape index (κ2) is 5.78. The summed E-state index contributed by atoms with van der Waals surface area (Å²) in [5.74, 6) is 0. The highest BCUT2D eigenvalue weighted by molar-refractivity contribution is 5.59. The van der Waals surface area contributed by atoms with Crippen LogP contribution < -0.4 is 0 Å². The van der Waals surface area contributed by atoms with Crippen molar-refractivity contribution in [2.24, 2.45) is 5.41 Å². The van der Waals surface area contributed by atoms with Crippen molar-refractivity contribution in [1.82, 2.24) is 4.90 Å². The van der Waals surface area contributed by atoms with E-state index in [1.54, 1.807) is 0 Å². The zero-order chi connectivity index (χ0) is 12.2. The molecule has 1 rings (SSSR count). The molecule has 16 heavy (non-hydrogen) atoms. The molecule has 0 aromatic rings. The minimum Gasteiger partial charge on any atom is -0.376 e. The average molecular weight is 227 g/mol. The Hall–Kier alpha value is -0.410. The van der Waals surface area contributed by atoms with Gasteiger partial charge in [0.25, 0.3) is 0 Å². The number of nitrogens with zero attached hydrogens (tertiary/aromatic N) is 1. The van der Waals surface area contributed by atoms with E-state index in [0.29, 0.717) is 6.04 Å². The van der Waals surface area contributed by atoms with Gasteiger partial charge in [-0.1, -0.05) is 20.3 Å². The van der Waals surface area contributed by atoms with Gasteiger partial charge in [0.2, 0.25) is 0 Å². The van der Waals surface area contributed by atoms with Crippen LogP contribution in [0.2, 0.25) is 0 Å². The lowest BCUT2D eigenvalue weighted by molar-refractivity contribution is -0.119. The monoisotopic (exact) mass is 227 g/mol. The smallest absolute Gasteiger partial charge is 0.127 e. The summed E-state index contributed by atoms with van der Waals surface area (Å²) in [5.41, 5.74) is -0.194. The second-order valence-electron chi connectivity index (χ2n) is 5.44. The third-order valence-electron chi connectivity index (χ3n) is 3.41. The van der Waals surface area contributed by atoms with E-state index in [4.69, 9.17) is 4.74 Å². The first-order valence-corrected chi connectivity index (χ1v) is 6.32. The molecule has 3 heteroatoms. The minimum absolute atomic E-state index is 0.194. The molecular formula is C13H25NO2. The lowest BCUT2D eigenvalue weighted by atomic mass is 9.86.